The molecule has 76 valence electrons. The van der Waals surface area contributed by atoms with Gasteiger partial charge in [-0.15, -0.1) is 0 Å². The average Bonchev–Trinajstić information content (AvgIpc) is 2.04. The quantitative estimate of drug-likeness (QED) is 0.560. The maximum Gasteiger partial charge on any atom is 0.333 e. The lowest BCUT2D eigenvalue weighted by atomic mass is 9.96. The van der Waals surface area contributed by atoms with Gasteiger partial charge < -0.3 is 15.3 Å². The molecule has 3 N–H and O–H groups in total. The summed E-state index contributed by atoms with van der Waals surface area (Å²) in [6.07, 6.45) is -0.236. The number of carboxylic acid groups (broad SMARTS) is 2. The van der Waals surface area contributed by atoms with Gasteiger partial charge in [0.2, 0.25) is 0 Å². The van der Waals surface area contributed by atoms with Crippen molar-refractivity contribution in [2.75, 3.05) is 0 Å². The lowest BCUT2D eigenvalue weighted by Gasteiger charge is -2.14. The fourth-order valence-corrected chi connectivity index (χ4v) is 1.01. The minimum Gasteiger partial charge on any atom is -0.481 e. The summed E-state index contributed by atoms with van der Waals surface area (Å²) in [7, 11) is 0. The van der Waals surface area contributed by atoms with Crippen LogP contribution in [0.1, 0.15) is 26.2 Å². The third-order valence-electron chi connectivity index (χ3n) is 1.82. The molecular formula is C8H14O5. The van der Waals surface area contributed by atoms with Crippen molar-refractivity contribution in [3.63, 3.8) is 0 Å². The normalized spacial score (nSPS) is 14.9. The van der Waals surface area contributed by atoms with Crippen LogP contribution >= 0.6 is 0 Å². The van der Waals surface area contributed by atoms with Crippen molar-refractivity contribution >= 4 is 11.9 Å². The summed E-state index contributed by atoms with van der Waals surface area (Å²) in [6, 6.07) is 0. The minimum absolute atomic E-state index is 0.194. The lowest BCUT2D eigenvalue weighted by Crippen LogP contribution is -2.34. The van der Waals surface area contributed by atoms with Crippen LogP contribution in [0.15, 0.2) is 0 Å². The molecule has 0 aliphatic heterocycles. The second-order valence-electron chi connectivity index (χ2n) is 2.87. The highest BCUT2D eigenvalue weighted by atomic mass is 16.4. The molecule has 0 radical (unpaired) electrons. The lowest BCUT2D eigenvalue weighted by molar-refractivity contribution is -0.159. The summed E-state index contributed by atoms with van der Waals surface area (Å²) in [5.41, 5.74) is 0. The van der Waals surface area contributed by atoms with Crippen LogP contribution in [0.25, 0.3) is 0 Å². The molecule has 0 rings (SSSR count). The smallest absolute Gasteiger partial charge is 0.333 e. The third kappa shape index (κ3) is 3.89. The SMILES string of the molecule is CCCC[C@@H](C(=O)O)[C@@H](O)C(=O)O. The van der Waals surface area contributed by atoms with Crippen LogP contribution in [0.3, 0.4) is 0 Å². The maximum absolute atomic E-state index is 10.5. The zero-order valence-corrected chi connectivity index (χ0v) is 7.43. The molecule has 0 aromatic heterocycles. The Labute approximate surface area is 76.0 Å². The van der Waals surface area contributed by atoms with Crippen LogP contribution < -0.4 is 0 Å². The molecule has 5 heteroatoms. The van der Waals surface area contributed by atoms with E-state index in [0.717, 1.165) is 6.42 Å². The summed E-state index contributed by atoms with van der Waals surface area (Å²) in [6.45, 7) is 1.87. The molecule has 0 spiro atoms. The van der Waals surface area contributed by atoms with Gasteiger partial charge >= 0.3 is 11.9 Å². The maximum atomic E-state index is 10.5. The first-order valence-electron chi connectivity index (χ1n) is 4.14. The molecule has 0 aliphatic carbocycles. The number of carboxylic acids is 2. The fraction of sp³-hybridized carbons (Fsp3) is 0.750. The zero-order valence-electron chi connectivity index (χ0n) is 7.43. The second-order valence-corrected chi connectivity index (χ2v) is 2.87. The van der Waals surface area contributed by atoms with E-state index in [2.05, 4.69) is 0 Å². The number of hydrogen-bond donors (Lipinski definition) is 3. The van der Waals surface area contributed by atoms with Crippen LogP contribution in [0, 0.1) is 5.92 Å². The first-order chi connectivity index (χ1) is 6.00. The Hall–Kier alpha value is -1.10. The van der Waals surface area contributed by atoms with Gasteiger partial charge in [-0.2, -0.15) is 0 Å². The van der Waals surface area contributed by atoms with Crippen molar-refractivity contribution < 1.29 is 24.9 Å². The Bertz CT molecular complexity index is 189. The first-order valence-corrected chi connectivity index (χ1v) is 4.14. The van der Waals surface area contributed by atoms with E-state index in [1.807, 2.05) is 6.92 Å². The van der Waals surface area contributed by atoms with Crippen molar-refractivity contribution in [3.05, 3.63) is 0 Å². The Kier molecular flexibility index (Phi) is 5.06. The van der Waals surface area contributed by atoms with Crippen LogP contribution in [-0.4, -0.2) is 33.4 Å². The molecule has 0 amide bonds. The summed E-state index contributed by atoms with van der Waals surface area (Å²) in [5, 5.41) is 26.0. The number of aliphatic hydroxyl groups excluding tert-OH is 1. The van der Waals surface area contributed by atoms with Gasteiger partial charge in [-0.1, -0.05) is 19.8 Å². The fourth-order valence-electron chi connectivity index (χ4n) is 1.01. The second kappa shape index (κ2) is 5.53. The Morgan fingerprint density at radius 2 is 1.77 bits per heavy atom. The minimum atomic E-state index is -1.80. The van der Waals surface area contributed by atoms with E-state index < -0.39 is 24.0 Å². The summed E-state index contributed by atoms with van der Waals surface area (Å²) >= 11 is 0. The number of aliphatic carboxylic acids is 2. The highest BCUT2D eigenvalue weighted by Crippen LogP contribution is 2.13. The van der Waals surface area contributed by atoms with Gasteiger partial charge in [-0.05, 0) is 6.42 Å². The van der Waals surface area contributed by atoms with Crippen molar-refractivity contribution in [2.45, 2.75) is 32.3 Å². The monoisotopic (exact) mass is 190 g/mol. The summed E-state index contributed by atoms with van der Waals surface area (Å²) in [4.78, 5) is 20.8. The zero-order chi connectivity index (χ0) is 10.4. The van der Waals surface area contributed by atoms with E-state index in [1.54, 1.807) is 0 Å². The molecule has 0 saturated carbocycles. The van der Waals surface area contributed by atoms with Crippen LogP contribution in [0.2, 0.25) is 0 Å². The molecule has 0 aliphatic rings. The highest BCUT2D eigenvalue weighted by Gasteiger charge is 2.30. The molecule has 0 fully saturated rings. The van der Waals surface area contributed by atoms with E-state index in [9.17, 15) is 9.59 Å². The van der Waals surface area contributed by atoms with E-state index in [-0.39, 0.29) is 6.42 Å². The molecule has 0 saturated heterocycles. The van der Waals surface area contributed by atoms with Gasteiger partial charge in [0, 0.05) is 0 Å². The van der Waals surface area contributed by atoms with Gasteiger partial charge in [0.15, 0.2) is 6.10 Å². The van der Waals surface area contributed by atoms with E-state index >= 15 is 0 Å². The third-order valence-corrected chi connectivity index (χ3v) is 1.82. The van der Waals surface area contributed by atoms with Gasteiger partial charge in [0.05, 0.1) is 5.92 Å². The average molecular weight is 190 g/mol. The molecule has 2 atom stereocenters. The Balaban J connectivity index is 4.24. The molecule has 0 unspecified atom stereocenters. The van der Waals surface area contributed by atoms with Gasteiger partial charge in [0.25, 0.3) is 0 Å². The number of carbonyl (C=O) groups is 2. The summed E-state index contributed by atoms with van der Waals surface area (Å²) < 4.78 is 0. The standard InChI is InChI=1S/C8H14O5/c1-2-3-4-5(7(10)11)6(9)8(12)13/h5-6,9H,2-4H2,1H3,(H,10,11)(H,12,13)/t5-,6-/m1/s1. The number of rotatable bonds is 6. The predicted octanol–water partition coefficient (Wildman–Crippen LogP) is 0.323. The molecule has 0 bridgehead atoms. The molecule has 5 nitrogen and oxygen atoms in total. The molecule has 0 aromatic carbocycles. The number of hydrogen-bond acceptors (Lipinski definition) is 3. The van der Waals surface area contributed by atoms with E-state index in [0.29, 0.717) is 6.42 Å². The Morgan fingerprint density at radius 1 is 1.23 bits per heavy atom. The number of aliphatic hydroxyl groups is 1. The van der Waals surface area contributed by atoms with Crippen LogP contribution in [0.4, 0.5) is 0 Å². The Morgan fingerprint density at radius 3 is 2.08 bits per heavy atom. The topological polar surface area (TPSA) is 94.8 Å². The summed E-state index contributed by atoms with van der Waals surface area (Å²) in [5.74, 6) is -3.94. The molecule has 0 heterocycles. The van der Waals surface area contributed by atoms with Gasteiger partial charge in [-0.25, -0.2) is 4.79 Å². The van der Waals surface area contributed by atoms with Gasteiger partial charge in [-0.3, -0.25) is 4.79 Å². The van der Waals surface area contributed by atoms with Crippen LogP contribution in [-0.2, 0) is 9.59 Å². The molecule has 0 aromatic rings. The van der Waals surface area contributed by atoms with Gasteiger partial charge in [0.1, 0.15) is 0 Å². The van der Waals surface area contributed by atoms with Crippen molar-refractivity contribution in [1.29, 1.82) is 0 Å². The van der Waals surface area contributed by atoms with Crippen LogP contribution in [0.5, 0.6) is 0 Å². The highest BCUT2D eigenvalue weighted by molar-refractivity contribution is 5.81. The van der Waals surface area contributed by atoms with Crippen molar-refractivity contribution in [1.82, 2.24) is 0 Å². The van der Waals surface area contributed by atoms with Crippen molar-refractivity contribution in [3.8, 4) is 0 Å². The molecule has 13 heavy (non-hydrogen) atoms. The van der Waals surface area contributed by atoms with Crippen molar-refractivity contribution in [2.24, 2.45) is 5.92 Å². The largest absolute Gasteiger partial charge is 0.481 e. The van der Waals surface area contributed by atoms with E-state index in [1.165, 1.54) is 0 Å². The number of unbranched alkanes of at least 4 members (excludes halogenated alkanes) is 1. The first kappa shape index (κ1) is 11.9. The predicted molar refractivity (Wildman–Crippen MR) is 44.3 cm³/mol. The van der Waals surface area contributed by atoms with E-state index in [4.69, 9.17) is 15.3 Å². The molecular weight excluding hydrogens is 176 g/mol.